The smallest absolute Gasteiger partial charge is 0.332 e. The third kappa shape index (κ3) is 5.20. The summed E-state index contributed by atoms with van der Waals surface area (Å²) in [6.45, 7) is 11.1. The van der Waals surface area contributed by atoms with Crippen LogP contribution in [0.1, 0.15) is 66.7 Å². The molecule has 0 amide bonds. The summed E-state index contributed by atoms with van der Waals surface area (Å²) in [5.74, 6) is 0.255. The number of hydrogen-bond acceptors (Lipinski definition) is 3. The van der Waals surface area contributed by atoms with Crippen LogP contribution < -0.4 is 0 Å². The van der Waals surface area contributed by atoms with E-state index < -0.39 is 0 Å². The predicted octanol–water partition coefficient (Wildman–Crippen LogP) is 4.82. The molecule has 2 rings (SSSR count). The maximum atomic E-state index is 12.0. The number of rotatable bonds is 5. The van der Waals surface area contributed by atoms with Gasteiger partial charge in [-0.15, -0.1) is 0 Å². The molecule has 0 radical (unpaired) electrons. The maximum absolute atomic E-state index is 12.0. The summed E-state index contributed by atoms with van der Waals surface area (Å²) >= 11 is 0. The quantitative estimate of drug-likeness (QED) is 0.682. The molecule has 0 aliphatic heterocycles. The summed E-state index contributed by atoms with van der Waals surface area (Å²) in [7, 11) is 0. The molecule has 130 valence electrons. The number of carbonyl (C=O) groups is 1. The van der Waals surface area contributed by atoms with Crippen LogP contribution in [0.15, 0.2) is 23.8 Å². The minimum Gasteiger partial charge on any atom is -0.458 e. The minimum absolute atomic E-state index is 0.0243. The van der Waals surface area contributed by atoms with Gasteiger partial charge in [-0.25, -0.2) is 4.79 Å². The van der Waals surface area contributed by atoms with Crippen LogP contribution >= 0.6 is 0 Å². The molecule has 0 aromatic rings. The Balaban J connectivity index is 1.80. The molecule has 1 saturated carbocycles. The average Bonchev–Trinajstić information content (AvgIpc) is 2.90. The molecular formula is C20H32O3. The van der Waals surface area contributed by atoms with Gasteiger partial charge in [0.15, 0.2) is 0 Å². The first kappa shape index (κ1) is 18.3. The van der Waals surface area contributed by atoms with E-state index >= 15 is 0 Å². The van der Waals surface area contributed by atoms with E-state index in [0.29, 0.717) is 5.92 Å². The molecule has 0 spiro atoms. The van der Waals surface area contributed by atoms with Crippen LogP contribution in [0.25, 0.3) is 0 Å². The van der Waals surface area contributed by atoms with E-state index in [1.165, 1.54) is 5.57 Å². The summed E-state index contributed by atoms with van der Waals surface area (Å²) in [6, 6.07) is 0. The van der Waals surface area contributed by atoms with E-state index in [0.717, 1.165) is 32.1 Å². The van der Waals surface area contributed by atoms with Crippen LogP contribution in [-0.2, 0) is 14.3 Å². The zero-order valence-corrected chi connectivity index (χ0v) is 15.4. The van der Waals surface area contributed by atoms with Crippen molar-refractivity contribution < 1.29 is 14.3 Å². The third-order valence-corrected chi connectivity index (χ3v) is 5.36. The summed E-state index contributed by atoms with van der Waals surface area (Å²) in [4.78, 5) is 12.0. The molecule has 2 aliphatic carbocycles. The highest BCUT2D eigenvalue weighted by molar-refractivity contribution is 5.71. The van der Waals surface area contributed by atoms with Crippen LogP contribution in [-0.4, -0.2) is 24.3 Å². The SMILES string of the molecule is CC(C1=CC=CC(OCC(=O)OC2(C)CCCC2)C1)C(C)(C)C. The van der Waals surface area contributed by atoms with E-state index in [-0.39, 0.29) is 29.7 Å². The largest absolute Gasteiger partial charge is 0.458 e. The second kappa shape index (κ2) is 7.21. The van der Waals surface area contributed by atoms with Gasteiger partial charge in [0.2, 0.25) is 0 Å². The van der Waals surface area contributed by atoms with Gasteiger partial charge in [-0.1, -0.05) is 51.5 Å². The number of hydrogen-bond donors (Lipinski definition) is 0. The van der Waals surface area contributed by atoms with Crippen LogP contribution in [0, 0.1) is 11.3 Å². The third-order valence-electron chi connectivity index (χ3n) is 5.36. The number of ether oxygens (including phenoxy) is 2. The molecule has 2 atom stereocenters. The molecule has 0 aromatic carbocycles. The fourth-order valence-corrected chi connectivity index (χ4v) is 3.37. The highest BCUT2D eigenvalue weighted by Gasteiger charge is 2.33. The summed E-state index contributed by atoms with van der Waals surface area (Å²) < 4.78 is 11.4. The summed E-state index contributed by atoms with van der Waals surface area (Å²) in [5, 5.41) is 0. The molecule has 2 aliphatic rings. The standard InChI is InChI=1S/C20H32O3/c1-15(19(2,3)4)16-9-8-10-17(13-16)22-14-18(21)23-20(5)11-6-7-12-20/h8-10,15,17H,6-7,11-14H2,1-5H3. The molecule has 23 heavy (non-hydrogen) atoms. The lowest BCUT2D eigenvalue weighted by molar-refractivity contribution is -0.164. The zero-order valence-electron chi connectivity index (χ0n) is 15.4. The first-order valence-corrected chi connectivity index (χ1v) is 8.90. The Bertz CT molecular complexity index is 476. The summed E-state index contributed by atoms with van der Waals surface area (Å²) in [5.41, 5.74) is 1.35. The van der Waals surface area contributed by atoms with Gasteiger partial charge in [-0.05, 0) is 50.4 Å². The van der Waals surface area contributed by atoms with Crippen molar-refractivity contribution in [3.63, 3.8) is 0 Å². The van der Waals surface area contributed by atoms with Crippen LogP contribution in [0.3, 0.4) is 0 Å². The van der Waals surface area contributed by atoms with E-state index in [4.69, 9.17) is 9.47 Å². The fraction of sp³-hybridized carbons (Fsp3) is 0.750. The first-order chi connectivity index (χ1) is 10.7. The molecule has 3 heteroatoms. The highest BCUT2D eigenvalue weighted by Crippen LogP contribution is 2.35. The van der Waals surface area contributed by atoms with Gasteiger partial charge in [0, 0.05) is 0 Å². The lowest BCUT2D eigenvalue weighted by Gasteiger charge is -2.32. The van der Waals surface area contributed by atoms with Crippen molar-refractivity contribution in [2.75, 3.05) is 6.61 Å². The molecule has 0 heterocycles. The van der Waals surface area contributed by atoms with Gasteiger partial charge in [-0.3, -0.25) is 0 Å². The molecule has 2 unspecified atom stereocenters. The molecule has 0 aromatic heterocycles. The van der Waals surface area contributed by atoms with Crippen LogP contribution in [0.5, 0.6) is 0 Å². The predicted molar refractivity (Wildman–Crippen MR) is 93.2 cm³/mol. The van der Waals surface area contributed by atoms with Crippen molar-refractivity contribution in [1.82, 2.24) is 0 Å². The van der Waals surface area contributed by atoms with Gasteiger partial charge in [-0.2, -0.15) is 0 Å². The van der Waals surface area contributed by atoms with Gasteiger partial charge >= 0.3 is 5.97 Å². The number of carbonyl (C=O) groups excluding carboxylic acids is 1. The lowest BCUT2D eigenvalue weighted by Crippen LogP contribution is -2.31. The van der Waals surface area contributed by atoms with E-state index in [9.17, 15) is 4.79 Å². The maximum Gasteiger partial charge on any atom is 0.332 e. The van der Waals surface area contributed by atoms with Crippen molar-refractivity contribution >= 4 is 5.97 Å². The number of esters is 1. The average molecular weight is 320 g/mol. The van der Waals surface area contributed by atoms with Crippen LogP contribution in [0.2, 0.25) is 0 Å². The van der Waals surface area contributed by atoms with E-state index in [2.05, 4.69) is 39.8 Å². The Morgan fingerprint density at radius 3 is 2.61 bits per heavy atom. The topological polar surface area (TPSA) is 35.5 Å². The highest BCUT2D eigenvalue weighted by atomic mass is 16.6. The van der Waals surface area contributed by atoms with Crippen molar-refractivity contribution in [2.24, 2.45) is 11.3 Å². The Kier molecular flexibility index (Phi) is 5.72. The molecule has 1 fully saturated rings. The second-order valence-corrected chi connectivity index (χ2v) is 8.40. The fourth-order valence-electron chi connectivity index (χ4n) is 3.37. The lowest BCUT2D eigenvalue weighted by atomic mass is 9.75. The zero-order chi connectivity index (χ0) is 17.1. The van der Waals surface area contributed by atoms with E-state index in [1.807, 2.05) is 13.0 Å². The van der Waals surface area contributed by atoms with Gasteiger partial charge < -0.3 is 9.47 Å². The molecule has 0 saturated heterocycles. The molecule has 3 nitrogen and oxygen atoms in total. The normalized spacial score (nSPS) is 25.1. The van der Waals surface area contributed by atoms with Gasteiger partial charge in [0.25, 0.3) is 0 Å². The molecule has 0 bridgehead atoms. The van der Waals surface area contributed by atoms with Crippen molar-refractivity contribution in [3.05, 3.63) is 23.8 Å². The Morgan fingerprint density at radius 2 is 2.00 bits per heavy atom. The minimum atomic E-state index is -0.269. The van der Waals surface area contributed by atoms with Crippen molar-refractivity contribution in [3.8, 4) is 0 Å². The molecular weight excluding hydrogens is 288 g/mol. The first-order valence-electron chi connectivity index (χ1n) is 8.90. The van der Waals surface area contributed by atoms with Crippen LogP contribution in [0.4, 0.5) is 0 Å². The monoisotopic (exact) mass is 320 g/mol. The number of allylic oxidation sites excluding steroid dienone is 2. The van der Waals surface area contributed by atoms with E-state index in [1.54, 1.807) is 0 Å². The molecule has 0 N–H and O–H groups in total. The summed E-state index contributed by atoms with van der Waals surface area (Å²) in [6.07, 6.45) is 11.3. The van der Waals surface area contributed by atoms with Gasteiger partial charge in [0.05, 0.1) is 6.10 Å². The second-order valence-electron chi connectivity index (χ2n) is 8.40. The Labute approximate surface area is 141 Å². The van der Waals surface area contributed by atoms with Crippen molar-refractivity contribution in [1.29, 1.82) is 0 Å². The Morgan fingerprint density at radius 1 is 1.35 bits per heavy atom. The van der Waals surface area contributed by atoms with Crippen molar-refractivity contribution in [2.45, 2.75) is 78.4 Å². The Hall–Kier alpha value is -1.09. The van der Waals surface area contributed by atoms with Gasteiger partial charge in [0.1, 0.15) is 12.2 Å².